The van der Waals surface area contributed by atoms with Crippen molar-refractivity contribution in [2.24, 2.45) is 10.9 Å². The maximum absolute atomic E-state index is 5.53. The largest absolute Gasteiger partial charge is 0.481 e. The number of ether oxygens (including phenoxy) is 1. The van der Waals surface area contributed by atoms with Gasteiger partial charge in [0.25, 0.3) is 0 Å². The summed E-state index contributed by atoms with van der Waals surface area (Å²) in [7, 11) is 1.53. The first-order valence-electron chi connectivity index (χ1n) is 4.77. The van der Waals surface area contributed by atoms with Crippen molar-refractivity contribution in [3.63, 3.8) is 0 Å². The Bertz CT molecular complexity index is 380. The van der Waals surface area contributed by atoms with Gasteiger partial charge in [0.1, 0.15) is 6.61 Å². The minimum atomic E-state index is 0.0921. The molecule has 0 fully saturated rings. The maximum Gasteiger partial charge on any atom is 0.237 e. The Labute approximate surface area is 93.7 Å². The molecule has 0 aliphatic carbocycles. The third-order valence-corrected chi connectivity index (χ3v) is 1.57. The maximum atomic E-state index is 5.53. The molecule has 1 aromatic heterocycles. The first-order valence-corrected chi connectivity index (χ1v) is 4.77. The van der Waals surface area contributed by atoms with E-state index in [4.69, 9.17) is 15.3 Å². The molecule has 0 saturated heterocycles. The van der Waals surface area contributed by atoms with E-state index >= 15 is 0 Å². The fourth-order valence-corrected chi connectivity index (χ4v) is 0.972. The summed E-state index contributed by atoms with van der Waals surface area (Å²) in [4.78, 5) is 12.9. The standard InChI is InChI=1S/C9H15N5O2/c1-4-16-14-8(10)13-9-11-6(2)5-7(12-9)15-3/h5H,4H2,1-3H3,(H3,10,11,12,13,14). The SMILES string of the molecule is CCO/N=C(\N)Nc1nc(C)cc(OC)n1. The van der Waals surface area contributed by atoms with Crippen molar-refractivity contribution < 1.29 is 9.57 Å². The van der Waals surface area contributed by atoms with Crippen molar-refractivity contribution >= 4 is 11.9 Å². The van der Waals surface area contributed by atoms with E-state index in [1.165, 1.54) is 7.11 Å². The highest BCUT2D eigenvalue weighted by Gasteiger charge is 2.03. The van der Waals surface area contributed by atoms with Gasteiger partial charge in [-0.25, -0.2) is 4.98 Å². The molecule has 88 valence electrons. The number of nitrogens with two attached hydrogens (primary N) is 1. The van der Waals surface area contributed by atoms with Gasteiger partial charge in [-0.05, 0) is 19.0 Å². The van der Waals surface area contributed by atoms with Crippen LogP contribution < -0.4 is 15.8 Å². The van der Waals surface area contributed by atoms with E-state index in [1.807, 2.05) is 13.8 Å². The fraction of sp³-hybridized carbons (Fsp3) is 0.444. The molecule has 0 aliphatic rings. The van der Waals surface area contributed by atoms with Crippen LogP contribution in [0.4, 0.5) is 5.95 Å². The highest BCUT2D eigenvalue weighted by Crippen LogP contribution is 2.10. The van der Waals surface area contributed by atoms with Crippen molar-refractivity contribution in [1.82, 2.24) is 9.97 Å². The van der Waals surface area contributed by atoms with Gasteiger partial charge in [-0.3, -0.25) is 5.32 Å². The molecule has 1 heterocycles. The van der Waals surface area contributed by atoms with Crippen LogP contribution in [0.2, 0.25) is 0 Å². The second-order valence-electron chi connectivity index (χ2n) is 2.89. The molecule has 0 aliphatic heterocycles. The van der Waals surface area contributed by atoms with E-state index in [-0.39, 0.29) is 5.96 Å². The number of aromatic nitrogens is 2. The van der Waals surface area contributed by atoms with Crippen LogP contribution in [0.25, 0.3) is 0 Å². The number of hydrogen-bond donors (Lipinski definition) is 2. The van der Waals surface area contributed by atoms with Crippen LogP contribution in [0.1, 0.15) is 12.6 Å². The van der Waals surface area contributed by atoms with Crippen LogP contribution in [-0.4, -0.2) is 29.6 Å². The molecule has 7 heteroatoms. The number of hydrogen-bond acceptors (Lipinski definition) is 5. The van der Waals surface area contributed by atoms with Gasteiger partial charge < -0.3 is 15.3 Å². The predicted octanol–water partition coefficient (Wildman–Crippen LogP) is 0.472. The smallest absolute Gasteiger partial charge is 0.237 e. The lowest BCUT2D eigenvalue weighted by molar-refractivity contribution is 0.158. The number of methoxy groups -OCH3 is 1. The Kier molecular flexibility index (Phi) is 4.31. The molecule has 0 amide bonds. The molecule has 0 spiro atoms. The quantitative estimate of drug-likeness (QED) is 0.439. The van der Waals surface area contributed by atoms with Gasteiger partial charge in [-0.1, -0.05) is 0 Å². The molecule has 0 aromatic carbocycles. The van der Waals surface area contributed by atoms with Gasteiger partial charge >= 0.3 is 0 Å². The normalized spacial score (nSPS) is 11.1. The highest BCUT2D eigenvalue weighted by atomic mass is 16.6. The molecule has 0 radical (unpaired) electrons. The van der Waals surface area contributed by atoms with Gasteiger partial charge in [0, 0.05) is 11.8 Å². The highest BCUT2D eigenvalue weighted by molar-refractivity contribution is 5.90. The van der Waals surface area contributed by atoms with Gasteiger partial charge in [-0.15, -0.1) is 0 Å². The molecule has 1 rings (SSSR count). The Hall–Kier alpha value is -2.05. The van der Waals surface area contributed by atoms with E-state index in [0.717, 1.165) is 5.69 Å². The van der Waals surface area contributed by atoms with E-state index in [2.05, 4.69) is 20.4 Å². The lowest BCUT2D eigenvalue weighted by Crippen LogP contribution is -2.24. The van der Waals surface area contributed by atoms with Crippen molar-refractivity contribution in [2.45, 2.75) is 13.8 Å². The molecule has 1 aromatic rings. The van der Waals surface area contributed by atoms with Gasteiger partial charge in [0.15, 0.2) is 0 Å². The van der Waals surface area contributed by atoms with Crippen molar-refractivity contribution in [3.8, 4) is 5.88 Å². The molecule has 0 saturated carbocycles. The molecule has 3 N–H and O–H groups in total. The Morgan fingerprint density at radius 1 is 1.56 bits per heavy atom. The van der Waals surface area contributed by atoms with Crippen LogP contribution in [-0.2, 0) is 4.84 Å². The zero-order valence-corrected chi connectivity index (χ0v) is 9.52. The summed E-state index contributed by atoms with van der Waals surface area (Å²) in [6, 6.07) is 1.71. The third kappa shape index (κ3) is 3.60. The second-order valence-corrected chi connectivity index (χ2v) is 2.89. The molecule has 7 nitrogen and oxygen atoms in total. The summed E-state index contributed by atoms with van der Waals surface area (Å²) in [6.07, 6.45) is 0. The molecule has 0 bridgehead atoms. The Balaban J connectivity index is 2.76. The number of rotatable bonds is 4. The van der Waals surface area contributed by atoms with Crippen molar-refractivity contribution in [2.75, 3.05) is 19.0 Å². The van der Waals surface area contributed by atoms with E-state index < -0.39 is 0 Å². The zero-order chi connectivity index (χ0) is 12.0. The third-order valence-electron chi connectivity index (χ3n) is 1.57. The summed E-state index contributed by atoms with van der Waals surface area (Å²) in [5.74, 6) is 0.867. The van der Waals surface area contributed by atoms with Crippen LogP contribution in [0.5, 0.6) is 5.88 Å². The van der Waals surface area contributed by atoms with E-state index in [0.29, 0.717) is 18.4 Å². The topological polar surface area (TPSA) is 94.7 Å². The second kappa shape index (κ2) is 5.74. The summed E-state index contributed by atoms with van der Waals surface area (Å²) >= 11 is 0. The summed E-state index contributed by atoms with van der Waals surface area (Å²) in [5.41, 5.74) is 6.29. The van der Waals surface area contributed by atoms with Crippen molar-refractivity contribution in [1.29, 1.82) is 0 Å². The lowest BCUT2D eigenvalue weighted by Gasteiger charge is -2.06. The van der Waals surface area contributed by atoms with Crippen LogP contribution in [0.15, 0.2) is 11.2 Å². The van der Waals surface area contributed by atoms with E-state index in [9.17, 15) is 0 Å². The summed E-state index contributed by atoms with van der Waals surface area (Å²) in [6.45, 7) is 4.08. The minimum Gasteiger partial charge on any atom is -0.481 e. The minimum absolute atomic E-state index is 0.0921. The van der Waals surface area contributed by atoms with Gasteiger partial charge in [0.05, 0.1) is 7.11 Å². The van der Waals surface area contributed by atoms with Crippen LogP contribution in [0.3, 0.4) is 0 Å². The fourth-order valence-electron chi connectivity index (χ4n) is 0.972. The number of aryl methyl sites for hydroxylation is 1. The molecular formula is C9H15N5O2. The summed E-state index contributed by atoms with van der Waals surface area (Å²) < 4.78 is 5.00. The average Bonchev–Trinajstić information content (AvgIpc) is 2.25. The Morgan fingerprint density at radius 3 is 2.94 bits per heavy atom. The molecule has 0 unspecified atom stereocenters. The molecule has 0 atom stereocenters. The number of anilines is 1. The monoisotopic (exact) mass is 225 g/mol. The number of guanidine groups is 1. The van der Waals surface area contributed by atoms with E-state index in [1.54, 1.807) is 6.07 Å². The Morgan fingerprint density at radius 2 is 2.31 bits per heavy atom. The number of oxime groups is 1. The zero-order valence-electron chi connectivity index (χ0n) is 9.52. The molecular weight excluding hydrogens is 210 g/mol. The molecule has 16 heavy (non-hydrogen) atoms. The first-order chi connectivity index (χ1) is 7.65. The average molecular weight is 225 g/mol. The lowest BCUT2D eigenvalue weighted by atomic mass is 10.4. The van der Waals surface area contributed by atoms with Gasteiger partial charge in [0.2, 0.25) is 17.8 Å². The summed E-state index contributed by atoms with van der Waals surface area (Å²) in [5, 5.41) is 6.28. The number of nitrogens with one attached hydrogen (secondary N) is 1. The first kappa shape index (κ1) is 12.0. The number of nitrogens with zero attached hydrogens (tertiary/aromatic N) is 3. The van der Waals surface area contributed by atoms with Crippen molar-refractivity contribution in [3.05, 3.63) is 11.8 Å². The van der Waals surface area contributed by atoms with Crippen LogP contribution in [0, 0.1) is 6.92 Å². The van der Waals surface area contributed by atoms with Gasteiger partial charge in [-0.2, -0.15) is 4.98 Å². The van der Waals surface area contributed by atoms with Crippen LogP contribution >= 0.6 is 0 Å². The predicted molar refractivity (Wildman–Crippen MR) is 60.2 cm³/mol.